The molecular weight excluding hydrogens is 214 g/mol. The Morgan fingerprint density at radius 1 is 1.29 bits per heavy atom. The van der Waals surface area contributed by atoms with Gasteiger partial charge in [0.15, 0.2) is 0 Å². The second-order valence-corrected chi connectivity index (χ2v) is 5.41. The minimum Gasteiger partial charge on any atom is -0.465 e. The lowest BCUT2D eigenvalue weighted by molar-refractivity contribution is 0.396. The zero-order valence-electron chi connectivity index (χ0n) is 11.0. The SMILES string of the molecule is Cc1oc(C(C)(C)C)cc1-c1cc(N)n(C)n1. The molecule has 0 saturated carbocycles. The average molecular weight is 233 g/mol. The number of rotatable bonds is 1. The summed E-state index contributed by atoms with van der Waals surface area (Å²) in [7, 11) is 1.83. The van der Waals surface area contributed by atoms with Crippen LogP contribution in [0.4, 0.5) is 5.82 Å². The molecule has 4 nitrogen and oxygen atoms in total. The van der Waals surface area contributed by atoms with E-state index < -0.39 is 0 Å². The first-order chi connectivity index (χ1) is 7.79. The Bertz CT molecular complexity index is 524. The topological polar surface area (TPSA) is 57.0 Å². The molecule has 4 heteroatoms. The highest BCUT2D eigenvalue weighted by Gasteiger charge is 2.21. The minimum absolute atomic E-state index is 0.00331. The van der Waals surface area contributed by atoms with E-state index in [1.54, 1.807) is 4.68 Å². The molecule has 0 fully saturated rings. The van der Waals surface area contributed by atoms with E-state index in [0.717, 1.165) is 22.8 Å². The smallest absolute Gasteiger partial charge is 0.121 e. The van der Waals surface area contributed by atoms with Gasteiger partial charge in [-0.25, -0.2) is 0 Å². The Morgan fingerprint density at radius 2 is 1.94 bits per heavy atom. The molecule has 0 amide bonds. The van der Waals surface area contributed by atoms with Crippen LogP contribution in [-0.2, 0) is 12.5 Å². The normalized spacial score (nSPS) is 12.1. The lowest BCUT2D eigenvalue weighted by atomic mass is 9.93. The lowest BCUT2D eigenvalue weighted by Gasteiger charge is -2.13. The lowest BCUT2D eigenvalue weighted by Crippen LogP contribution is -2.09. The largest absolute Gasteiger partial charge is 0.465 e. The van der Waals surface area contributed by atoms with Crippen LogP contribution in [0.5, 0.6) is 0 Å². The van der Waals surface area contributed by atoms with Crippen LogP contribution >= 0.6 is 0 Å². The molecule has 92 valence electrons. The Morgan fingerprint density at radius 3 is 2.35 bits per heavy atom. The second-order valence-electron chi connectivity index (χ2n) is 5.41. The number of nitrogens with zero attached hydrogens (tertiary/aromatic N) is 2. The molecule has 0 aromatic carbocycles. The van der Waals surface area contributed by atoms with Gasteiger partial charge in [0.25, 0.3) is 0 Å². The van der Waals surface area contributed by atoms with E-state index in [9.17, 15) is 0 Å². The van der Waals surface area contributed by atoms with Crippen molar-refractivity contribution in [3.8, 4) is 11.3 Å². The van der Waals surface area contributed by atoms with E-state index >= 15 is 0 Å². The van der Waals surface area contributed by atoms with Crippen LogP contribution in [0.2, 0.25) is 0 Å². The highest BCUT2D eigenvalue weighted by atomic mass is 16.3. The Labute approximate surface area is 101 Å². The highest BCUT2D eigenvalue weighted by molar-refractivity contribution is 5.65. The van der Waals surface area contributed by atoms with Gasteiger partial charge in [-0.15, -0.1) is 0 Å². The number of aromatic nitrogens is 2. The molecule has 0 aliphatic rings. The molecule has 2 aromatic rings. The summed E-state index contributed by atoms with van der Waals surface area (Å²) >= 11 is 0. The molecule has 17 heavy (non-hydrogen) atoms. The van der Waals surface area contributed by atoms with Crippen LogP contribution in [0.3, 0.4) is 0 Å². The summed E-state index contributed by atoms with van der Waals surface area (Å²) in [5.41, 5.74) is 7.67. The molecule has 2 rings (SSSR count). The van der Waals surface area contributed by atoms with E-state index in [0.29, 0.717) is 5.82 Å². The summed E-state index contributed by atoms with van der Waals surface area (Å²) in [6.45, 7) is 8.33. The van der Waals surface area contributed by atoms with Crippen LogP contribution < -0.4 is 5.73 Å². The number of nitrogen functional groups attached to an aromatic ring is 1. The van der Waals surface area contributed by atoms with Gasteiger partial charge >= 0.3 is 0 Å². The van der Waals surface area contributed by atoms with Gasteiger partial charge in [-0.2, -0.15) is 5.10 Å². The van der Waals surface area contributed by atoms with Gasteiger partial charge in [0.05, 0.1) is 5.69 Å². The fourth-order valence-electron chi connectivity index (χ4n) is 1.72. The van der Waals surface area contributed by atoms with Crippen LogP contribution in [0.25, 0.3) is 11.3 Å². The third kappa shape index (κ3) is 2.07. The standard InChI is InChI=1S/C13H19N3O/c1-8-9(6-11(17-8)13(2,3)4)10-7-12(14)16(5)15-10/h6-7H,14H2,1-5H3. The van der Waals surface area contributed by atoms with Gasteiger partial charge in [0.2, 0.25) is 0 Å². The summed E-state index contributed by atoms with van der Waals surface area (Å²) < 4.78 is 7.46. The van der Waals surface area contributed by atoms with Crippen molar-refractivity contribution in [3.63, 3.8) is 0 Å². The molecule has 0 spiro atoms. The van der Waals surface area contributed by atoms with Gasteiger partial charge in [-0.1, -0.05) is 20.8 Å². The van der Waals surface area contributed by atoms with Crippen molar-refractivity contribution in [1.82, 2.24) is 9.78 Å². The highest BCUT2D eigenvalue weighted by Crippen LogP contribution is 2.32. The number of furan rings is 1. The fraction of sp³-hybridized carbons (Fsp3) is 0.462. The van der Waals surface area contributed by atoms with Gasteiger partial charge in [-0.05, 0) is 13.0 Å². The number of hydrogen-bond donors (Lipinski definition) is 1. The monoisotopic (exact) mass is 233 g/mol. The van der Waals surface area contributed by atoms with Gasteiger partial charge in [0, 0.05) is 24.1 Å². The predicted octanol–water partition coefficient (Wildman–Crippen LogP) is 2.87. The van der Waals surface area contributed by atoms with Crippen molar-refractivity contribution in [3.05, 3.63) is 23.7 Å². The van der Waals surface area contributed by atoms with Gasteiger partial charge in [-0.3, -0.25) is 4.68 Å². The maximum absolute atomic E-state index is 5.79. The molecule has 0 aliphatic heterocycles. The van der Waals surface area contributed by atoms with E-state index in [1.165, 1.54) is 0 Å². The van der Waals surface area contributed by atoms with Crippen molar-refractivity contribution in [2.24, 2.45) is 7.05 Å². The molecule has 2 heterocycles. The summed E-state index contributed by atoms with van der Waals surface area (Å²) in [6, 6.07) is 3.92. The molecule has 0 bridgehead atoms. The summed E-state index contributed by atoms with van der Waals surface area (Å²) in [5.74, 6) is 2.50. The van der Waals surface area contributed by atoms with Crippen LogP contribution in [0.1, 0.15) is 32.3 Å². The Kier molecular flexibility index (Phi) is 2.53. The molecule has 0 saturated heterocycles. The van der Waals surface area contributed by atoms with Crippen molar-refractivity contribution in [2.75, 3.05) is 5.73 Å². The summed E-state index contributed by atoms with van der Waals surface area (Å²) in [6.07, 6.45) is 0. The minimum atomic E-state index is 0.00331. The zero-order chi connectivity index (χ0) is 12.8. The molecular formula is C13H19N3O. The number of nitrogens with two attached hydrogens (primary N) is 1. The zero-order valence-corrected chi connectivity index (χ0v) is 11.0. The quantitative estimate of drug-likeness (QED) is 0.824. The van der Waals surface area contributed by atoms with Crippen LogP contribution in [-0.4, -0.2) is 9.78 Å². The van der Waals surface area contributed by atoms with E-state index in [2.05, 4.69) is 31.9 Å². The molecule has 2 aromatic heterocycles. The summed E-state index contributed by atoms with van der Waals surface area (Å²) in [5, 5.41) is 4.37. The van der Waals surface area contributed by atoms with E-state index in [-0.39, 0.29) is 5.41 Å². The third-order valence-electron chi connectivity index (χ3n) is 2.85. The Hall–Kier alpha value is -1.71. The van der Waals surface area contributed by atoms with E-state index in [4.69, 9.17) is 10.2 Å². The van der Waals surface area contributed by atoms with Gasteiger partial charge in [0.1, 0.15) is 17.3 Å². The predicted molar refractivity (Wildman–Crippen MR) is 68.8 cm³/mol. The molecule has 0 unspecified atom stereocenters. The van der Waals surface area contributed by atoms with Crippen LogP contribution in [0, 0.1) is 6.92 Å². The van der Waals surface area contributed by atoms with Crippen molar-refractivity contribution in [2.45, 2.75) is 33.1 Å². The van der Waals surface area contributed by atoms with Crippen molar-refractivity contribution < 1.29 is 4.42 Å². The summed E-state index contributed by atoms with van der Waals surface area (Å²) in [4.78, 5) is 0. The average Bonchev–Trinajstić information content (AvgIpc) is 2.71. The van der Waals surface area contributed by atoms with Crippen molar-refractivity contribution in [1.29, 1.82) is 0 Å². The number of anilines is 1. The molecule has 0 aliphatic carbocycles. The van der Waals surface area contributed by atoms with Crippen LogP contribution in [0.15, 0.2) is 16.5 Å². The Balaban J connectivity index is 2.50. The maximum Gasteiger partial charge on any atom is 0.121 e. The first-order valence-electron chi connectivity index (χ1n) is 5.70. The van der Waals surface area contributed by atoms with Gasteiger partial charge < -0.3 is 10.2 Å². The fourth-order valence-corrected chi connectivity index (χ4v) is 1.72. The maximum atomic E-state index is 5.79. The number of aryl methyl sites for hydroxylation is 2. The second kappa shape index (κ2) is 3.65. The first-order valence-corrected chi connectivity index (χ1v) is 5.70. The first kappa shape index (κ1) is 11.8. The van der Waals surface area contributed by atoms with Crippen molar-refractivity contribution >= 4 is 5.82 Å². The molecule has 0 radical (unpaired) electrons. The molecule has 2 N–H and O–H groups in total. The molecule has 0 atom stereocenters. The van der Waals surface area contributed by atoms with E-state index in [1.807, 2.05) is 20.0 Å². The number of hydrogen-bond acceptors (Lipinski definition) is 3. The third-order valence-corrected chi connectivity index (χ3v) is 2.85.